The van der Waals surface area contributed by atoms with Gasteiger partial charge in [-0.3, -0.25) is 0 Å². The molecule has 4 rings (SSSR count). The molecule has 0 fully saturated rings. The summed E-state index contributed by atoms with van der Waals surface area (Å²) >= 11 is 3.73. The zero-order valence-electron chi connectivity index (χ0n) is 16.3. The molecule has 0 aromatic heterocycles. The molecule has 0 spiro atoms. The van der Waals surface area contributed by atoms with Crippen molar-refractivity contribution in [1.82, 2.24) is 0 Å². The van der Waals surface area contributed by atoms with Crippen molar-refractivity contribution in [3.8, 4) is 23.0 Å². The van der Waals surface area contributed by atoms with Crippen LogP contribution in [0.4, 0.5) is 17.6 Å². The number of hydrogen-bond donors (Lipinski definition) is 1. The summed E-state index contributed by atoms with van der Waals surface area (Å²) in [5, 5.41) is 9.27. The lowest BCUT2D eigenvalue weighted by atomic mass is 10.1. The van der Waals surface area contributed by atoms with Crippen LogP contribution in [-0.2, 0) is 17.6 Å². The van der Waals surface area contributed by atoms with Crippen LogP contribution >= 0.6 is 45.2 Å². The van der Waals surface area contributed by atoms with Crippen LogP contribution < -0.4 is 14.2 Å². The molecular weight excluding hydrogens is 650 g/mol. The van der Waals surface area contributed by atoms with Gasteiger partial charge in [0.15, 0.2) is 29.8 Å². The Kier molecular flexibility index (Phi) is 8.35. The molecule has 31 heavy (non-hydrogen) atoms. The van der Waals surface area contributed by atoms with Crippen molar-refractivity contribution in [2.45, 2.75) is 25.7 Å². The number of methoxy groups -OCH3 is 1. The first-order valence-electron chi connectivity index (χ1n) is 9.24. The number of halogens is 6. The first-order valence-corrected chi connectivity index (χ1v) is 11.4. The molecule has 2 aliphatic rings. The molecule has 170 valence electrons. The van der Waals surface area contributed by atoms with E-state index >= 15 is 0 Å². The van der Waals surface area contributed by atoms with Crippen LogP contribution in [-0.4, -0.2) is 32.2 Å². The van der Waals surface area contributed by atoms with E-state index in [1.54, 1.807) is 22.6 Å². The molecule has 2 aliphatic heterocycles. The van der Waals surface area contributed by atoms with Gasteiger partial charge in [0.2, 0.25) is 23.3 Å². The summed E-state index contributed by atoms with van der Waals surface area (Å²) in [6, 6.07) is 0. The van der Waals surface area contributed by atoms with E-state index in [1.165, 1.54) is 7.11 Å². The third-order valence-corrected chi connectivity index (χ3v) is 6.94. The Morgan fingerprint density at radius 3 is 1.90 bits per heavy atom. The van der Waals surface area contributed by atoms with Gasteiger partial charge in [-0.25, -0.2) is 0 Å². The summed E-state index contributed by atoms with van der Waals surface area (Å²) in [4.78, 5) is 0. The maximum Gasteiger partial charge on any atom is 0.205 e. The number of hydrogen-bond acceptors (Lipinski definition) is 5. The van der Waals surface area contributed by atoms with Gasteiger partial charge in [0, 0.05) is 18.2 Å². The zero-order valence-corrected chi connectivity index (χ0v) is 20.6. The van der Waals surface area contributed by atoms with E-state index in [0.717, 1.165) is 12.8 Å². The summed E-state index contributed by atoms with van der Waals surface area (Å²) in [5.41, 5.74) is 1.23. The smallest absolute Gasteiger partial charge is 0.205 e. The summed E-state index contributed by atoms with van der Waals surface area (Å²) < 4.78 is 74.6. The van der Waals surface area contributed by atoms with Gasteiger partial charge in [-0.1, -0.05) is 0 Å². The van der Waals surface area contributed by atoms with Crippen LogP contribution in [0.25, 0.3) is 0 Å². The van der Waals surface area contributed by atoms with E-state index in [-0.39, 0.29) is 24.0 Å². The van der Waals surface area contributed by atoms with Gasteiger partial charge in [0.05, 0.1) is 20.4 Å². The minimum Gasteiger partial charge on any atom is -0.504 e. The monoisotopic (exact) mass is 668 g/mol. The molecule has 0 radical (unpaired) electrons. The molecule has 2 aromatic carbocycles. The van der Waals surface area contributed by atoms with Crippen LogP contribution in [0, 0.1) is 30.4 Å². The number of ether oxygens (including phenoxy) is 4. The minimum atomic E-state index is -1.23. The number of rotatable bonds is 3. The molecule has 0 saturated carbocycles. The number of aromatic hydroxyl groups is 1. The van der Waals surface area contributed by atoms with Gasteiger partial charge < -0.3 is 24.1 Å². The Morgan fingerprint density at radius 1 is 0.839 bits per heavy atom. The lowest BCUT2D eigenvalue weighted by Gasteiger charge is -2.21. The topological polar surface area (TPSA) is 57.2 Å². The SMILES string of the molecule is COCOc1c(F)c(F)c2c(c1I)CCCO2.Oc1c(F)c(F)c2c(c1I)CCCO2. The largest absolute Gasteiger partial charge is 0.504 e. The fourth-order valence-electron chi connectivity index (χ4n) is 3.18. The highest BCUT2D eigenvalue weighted by Crippen LogP contribution is 2.40. The predicted molar refractivity (Wildman–Crippen MR) is 120 cm³/mol. The van der Waals surface area contributed by atoms with E-state index in [9.17, 15) is 22.7 Å². The quantitative estimate of drug-likeness (QED) is 0.204. The van der Waals surface area contributed by atoms with Crippen molar-refractivity contribution >= 4 is 45.2 Å². The lowest BCUT2D eigenvalue weighted by molar-refractivity contribution is 0.0467. The van der Waals surface area contributed by atoms with Crippen LogP contribution in [0.2, 0.25) is 0 Å². The summed E-state index contributed by atoms with van der Waals surface area (Å²) in [6.07, 6.45) is 2.82. The van der Waals surface area contributed by atoms with Crippen molar-refractivity contribution in [2.75, 3.05) is 27.1 Å². The zero-order chi connectivity index (χ0) is 22.7. The number of phenolic OH excluding ortho intramolecular Hbond substituents is 1. The highest BCUT2D eigenvalue weighted by molar-refractivity contribution is 14.1. The fraction of sp³-hybridized carbons (Fsp3) is 0.400. The van der Waals surface area contributed by atoms with Crippen molar-refractivity contribution in [3.63, 3.8) is 0 Å². The summed E-state index contributed by atoms with van der Waals surface area (Å²) in [7, 11) is 1.42. The Bertz CT molecular complexity index is 951. The van der Waals surface area contributed by atoms with E-state index in [2.05, 4.69) is 0 Å². The second-order valence-electron chi connectivity index (χ2n) is 6.63. The molecule has 1 N–H and O–H groups in total. The van der Waals surface area contributed by atoms with Gasteiger partial charge >= 0.3 is 0 Å². The molecule has 0 bridgehead atoms. The Labute approximate surface area is 203 Å². The molecule has 0 atom stereocenters. The highest BCUT2D eigenvalue weighted by atomic mass is 127. The minimum absolute atomic E-state index is 0.0166. The Hall–Kier alpha value is -1.22. The van der Waals surface area contributed by atoms with E-state index < -0.39 is 29.0 Å². The second-order valence-corrected chi connectivity index (χ2v) is 8.79. The highest BCUT2D eigenvalue weighted by Gasteiger charge is 2.28. The number of fused-ring (bicyclic) bond motifs is 2. The van der Waals surface area contributed by atoms with Gasteiger partial charge in [-0.05, 0) is 70.9 Å². The van der Waals surface area contributed by atoms with E-state index in [4.69, 9.17) is 18.9 Å². The average molecular weight is 668 g/mol. The molecule has 2 aromatic rings. The first kappa shape index (κ1) is 24.4. The third kappa shape index (κ3) is 4.92. The maximum atomic E-state index is 13.7. The molecular formula is C20H18F4I2O5. The van der Waals surface area contributed by atoms with Crippen LogP contribution in [0.1, 0.15) is 24.0 Å². The lowest BCUT2D eigenvalue weighted by Crippen LogP contribution is -2.15. The van der Waals surface area contributed by atoms with Crippen molar-refractivity contribution < 1.29 is 41.6 Å². The maximum absolute atomic E-state index is 13.7. The van der Waals surface area contributed by atoms with Gasteiger partial charge in [-0.2, -0.15) is 17.6 Å². The predicted octanol–water partition coefficient (Wildman–Crippen LogP) is 5.48. The summed E-state index contributed by atoms with van der Waals surface area (Å²) in [5.74, 6) is -5.06. The van der Waals surface area contributed by atoms with Crippen LogP contribution in [0.3, 0.4) is 0 Å². The van der Waals surface area contributed by atoms with Crippen molar-refractivity contribution in [1.29, 1.82) is 0 Å². The molecule has 0 aliphatic carbocycles. The molecule has 11 heteroatoms. The molecule has 2 heterocycles. The Morgan fingerprint density at radius 2 is 1.35 bits per heavy atom. The third-order valence-electron chi connectivity index (χ3n) is 4.63. The van der Waals surface area contributed by atoms with Crippen molar-refractivity contribution in [3.05, 3.63) is 41.5 Å². The Balaban J connectivity index is 0.000000179. The molecule has 0 unspecified atom stereocenters. The normalized spacial score (nSPS) is 14.4. The van der Waals surface area contributed by atoms with E-state index in [1.807, 2.05) is 22.6 Å². The number of benzene rings is 2. The van der Waals surface area contributed by atoms with Crippen molar-refractivity contribution in [2.24, 2.45) is 0 Å². The van der Waals surface area contributed by atoms with Gasteiger partial charge in [0.25, 0.3) is 0 Å². The van der Waals surface area contributed by atoms with Gasteiger partial charge in [0.1, 0.15) is 0 Å². The fourth-order valence-corrected chi connectivity index (χ4v) is 4.84. The number of phenols is 1. The molecule has 5 nitrogen and oxygen atoms in total. The van der Waals surface area contributed by atoms with E-state index in [0.29, 0.717) is 44.3 Å². The standard InChI is InChI=1S/C11H11F2IO3.C9H7F2IO2/c1-15-5-17-11-8(13)7(12)10-6(9(11)14)3-2-4-16-10;10-5-6(11)9-4(2-1-3-14-9)7(12)8(5)13/h2-5H2,1H3;13H,1-3H2. The average Bonchev–Trinajstić information content (AvgIpc) is 2.80. The van der Waals surface area contributed by atoms with Crippen LogP contribution in [0.5, 0.6) is 23.0 Å². The van der Waals surface area contributed by atoms with Crippen LogP contribution in [0.15, 0.2) is 0 Å². The van der Waals surface area contributed by atoms with Gasteiger partial charge in [-0.15, -0.1) is 0 Å². The summed E-state index contributed by atoms with van der Waals surface area (Å²) in [6.45, 7) is 0.688. The second kappa shape index (κ2) is 10.6. The first-order chi connectivity index (χ1) is 14.8. The molecule has 0 saturated heterocycles. The molecule has 0 amide bonds.